The standard InChI is InChI=1S/C18H24N4S/c1-4-22(16-8-5-14(2)6-9-16)12-11-19-18(23)21-17-10-7-15(3)13-20-17/h5-10,13H,4,11-12H2,1-3H3,(H2,19,20,21,23). The summed E-state index contributed by atoms with van der Waals surface area (Å²) >= 11 is 5.31. The molecule has 0 spiro atoms. The number of benzene rings is 1. The highest BCUT2D eigenvalue weighted by Crippen LogP contribution is 2.14. The van der Waals surface area contributed by atoms with E-state index in [1.54, 1.807) is 0 Å². The van der Waals surface area contributed by atoms with Crippen LogP contribution in [0.25, 0.3) is 0 Å². The Kier molecular flexibility index (Phi) is 6.35. The van der Waals surface area contributed by atoms with Gasteiger partial charge < -0.3 is 15.5 Å². The first kappa shape index (κ1) is 17.2. The summed E-state index contributed by atoms with van der Waals surface area (Å²) in [6.07, 6.45) is 1.82. The fourth-order valence-corrected chi connectivity index (χ4v) is 2.44. The third-order valence-electron chi connectivity index (χ3n) is 3.60. The molecule has 0 bridgehead atoms. The molecule has 0 aliphatic carbocycles. The van der Waals surface area contributed by atoms with Crippen molar-refractivity contribution >= 4 is 28.8 Å². The molecule has 122 valence electrons. The predicted octanol–water partition coefficient (Wildman–Crippen LogP) is 3.51. The third kappa shape index (κ3) is 5.53. The van der Waals surface area contributed by atoms with Crippen molar-refractivity contribution in [3.05, 3.63) is 53.7 Å². The maximum atomic E-state index is 5.31. The van der Waals surface area contributed by atoms with Gasteiger partial charge in [0.1, 0.15) is 5.82 Å². The van der Waals surface area contributed by atoms with E-state index in [2.05, 4.69) is 58.6 Å². The number of aromatic nitrogens is 1. The van der Waals surface area contributed by atoms with Gasteiger partial charge in [-0.2, -0.15) is 0 Å². The van der Waals surface area contributed by atoms with Gasteiger partial charge >= 0.3 is 0 Å². The number of pyridine rings is 1. The molecule has 2 N–H and O–H groups in total. The van der Waals surface area contributed by atoms with E-state index in [1.807, 2.05) is 25.3 Å². The van der Waals surface area contributed by atoms with Crippen LogP contribution in [0.2, 0.25) is 0 Å². The first-order chi connectivity index (χ1) is 11.1. The Morgan fingerprint density at radius 2 is 1.78 bits per heavy atom. The molecular formula is C18H24N4S. The molecule has 0 atom stereocenters. The van der Waals surface area contributed by atoms with Gasteiger partial charge in [0.2, 0.25) is 0 Å². The van der Waals surface area contributed by atoms with Crippen molar-refractivity contribution in [3.63, 3.8) is 0 Å². The van der Waals surface area contributed by atoms with E-state index in [-0.39, 0.29) is 0 Å². The Bertz CT molecular complexity index is 622. The molecule has 0 saturated heterocycles. The van der Waals surface area contributed by atoms with Crippen LogP contribution in [0.4, 0.5) is 11.5 Å². The van der Waals surface area contributed by atoms with Crippen molar-refractivity contribution in [2.24, 2.45) is 0 Å². The third-order valence-corrected chi connectivity index (χ3v) is 3.85. The Hall–Kier alpha value is -2.14. The first-order valence-corrected chi connectivity index (χ1v) is 8.28. The van der Waals surface area contributed by atoms with Crippen LogP contribution in [-0.4, -0.2) is 29.7 Å². The van der Waals surface area contributed by atoms with Crippen molar-refractivity contribution in [1.29, 1.82) is 0 Å². The molecule has 0 aliphatic rings. The van der Waals surface area contributed by atoms with Crippen LogP contribution in [0.5, 0.6) is 0 Å². The molecular weight excluding hydrogens is 304 g/mol. The summed E-state index contributed by atoms with van der Waals surface area (Å²) in [5, 5.41) is 6.93. The van der Waals surface area contributed by atoms with Crippen LogP contribution in [0, 0.1) is 13.8 Å². The molecule has 4 nitrogen and oxygen atoms in total. The Morgan fingerprint density at radius 1 is 1.09 bits per heavy atom. The van der Waals surface area contributed by atoms with Crippen LogP contribution in [0.1, 0.15) is 18.1 Å². The van der Waals surface area contributed by atoms with Crippen molar-refractivity contribution in [2.75, 3.05) is 29.9 Å². The molecule has 0 amide bonds. The molecule has 0 unspecified atom stereocenters. The molecule has 5 heteroatoms. The average molecular weight is 328 g/mol. The van der Waals surface area contributed by atoms with E-state index in [1.165, 1.54) is 11.3 Å². The summed E-state index contributed by atoms with van der Waals surface area (Å²) < 4.78 is 0. The van der Waals surface area contributed by atoms with Crippen LogP contribution in [-0.2, 0) is 0 Å². The van der Waals surface area contributed by atoms with Gasteiger partial charge in [0.25, 0.3) is 0 Å². The van der Waals surface area contributed by atoms with Crippen molar-refractivity contribution in [2.45, 2.75) is 20.8 Å². The van der Waals surface area contributed by atoms with Gasteiger partial charge in [-0.15, -0.1) is 0 Å². The van der Waals surface area contributed by atoms with E-state index in [0.29, 0.717) is 5.11 Å². The minimum atomic E-state index is 0.598. The number of thiocarbonyl (C=S) groups is 1. The fraction of sp³-hybridized carbons (Fsp3) is 0.333. The highest BCUT2D eigenvalue weighted by Gasteiger charge is 2.04. The molecule has 1 aromatic heterocycles. The summed E-state index contributed by atoms with van der Waals surface area (Å²) in [5.41, 5.74) is 3.64. The lowest BCUT2D eigenvalue weighted by atomic mass is 10.2. The van der Waals surface area contributed by atoms with Gasteiger partial charge in [0.05, 0.1) is 0 Å². The molecule has 0 aliphatic heterocycles. The first-order valence-electron chi connectivity index (χ1n) is 7.87. The minimum Gasteiger partial charge on any atom is -0.370 e. The van der Waals surface area contributed by atoms with E-state index in [4.69, 9.17) is 12.2 Å². The molecule has 0 saturated carbocycles. The van der Waals surface area contributed by atoms with Gasteiger partial charge in [-0.05, 0) is 56.8 Å². The minimum absolute atomic E-state index is 0.598. The molecule has 0 radical (unpaired) electrons. The number of aryl methyl sites for hydroxylation is 2. The number of hydrogen-bond acceptors (Lipinski definition) is 3. The van der Waals surface area contributed by atoms with Crippen LogP contribution in [0.3, 0.4) is 0 Å². The normalized spacial score (nSPS) is 10.2. The second-order valence-electron chi connectivity index (χ2n) is 5.52. The number of nitrogens with one attached hydrogen (secondary N) is 2. The molecule has 0 fully saturated rings. The Morgan fingerprint density at radius 3 is 2.39 bits per heavy atom. The summed E-state index contributed by atoms with van der Waals surface area (Å²) in [6, 6.07) is 12.5. The van der Waals surface area contributed by atoms with Gasteiger partial charge in [-0.1, -0.05) is 23.8 Å². The van der Waals surface area contributed by atoms with Crippen LogP contribution in [0.15, 0.2) is 42.6 Å². The highest BCUT2D eigenvalue weighted by molar-refractivity contribution is 7.80. The zero-order chi connectivity index (χ0) is 16.7. The summed E-state index contributed by atoms with van der Waals surface area (Å²) in [4.78, 5) is 6.60. The SMILES string of the molecule is CCN(CCNC(=S)Nc1ccc(C)cn1)c1ccc(C)cc1. The Balaban J connectivity index is 1.79. The lowest BCUT2D eigenvalue weighted by molar-refractivity contribution is 0.779. The smallest absolute Gasteiger partial charge is 0.172 e. The van der Waals surface area contributed by atoms with Gasteiger partial charge in [0.15, 0.2) is 5.11 Å². The summed E-state index contributed by atoms with van der Waals surface area (Å²) in [6.45, 7) is 8.90. The average Bonchev–Trinajstić information content (AvgIpc) is 2.55. The van der Waals surface area contributed by atoms with E-state index in [0.717, 1.165) is 31.0 Å². The predicted molar refractivity (Wildman–Crippen MR) is 102 cm³/mol. The number of nitrogens with zero attached hydrogens (tertiary/aromatic N) is 2. The molecule has 2 aromatic rings. The number of anilines is 2. The van der Waals surface area contributed by atoms with Crippen molar-refractivity contribution in [3.8, 4) is 0 Å². The number of likely N-dealkylation sites (N-methyl/N-ethyl adjacent to an activating group) is 1. The topological polar surface area (TPSA) is 40.2 Å². The summed E-state index contributed by atoms with van der Waals surface area (Å²) in [5.74, 6) is 0.763. The maximum Gasteiger partial charge on any atom is 0.172 e. The monoisotopic (exact) mass is 328 g/mol. The lowest BCUT2D eigenvalue weighted by Crippen LogP contribution is -2.37. The largest absolute Gasteiger partial charge is 0.370 e. The number of rotatable bonds is 6. The van der Waals surface area contributed by atoms with E-state index >= 15 is 0 Å². The fourth-order valence-electron chi connectivity index (χ4n) is 2.23. The van der Waals surface area contributed by atoms with Crippen LogP contribution < -0.4 is 15.5 Å². The maximum absolute atomic E-state index is 5.31. The number of hydrogen-bond donors (Lipinski definition) is 2. The quantitative estimate of drug-likeness (QED) is 0.794. The van der Waals surface area contributed by atoms with E-state index in [9.17, 15) is 0 Å². The molecule has 1 heterocycles. The van der Waals surface area contributed by atoms with Gasteiger partial charge in [0, 0.05) is 31.5 Å². The Labute approximate surface area is 143 Å². The highest BCUT2D eigenvalue weighted by atomic mass is 32.1. The van der Waals surface area contributed by atoms with Crippen molar-refractivity contribution < 1.29 is 0 Å². The molecule has 1 aromatic carbocycles. The van der Waals surface area contributed by atoms with Crippen LogP contribution >= 0.6 is 12.2 Å². The zero-order valence-corrected chi connectivity index (χ0v) is 14.8. The second-order valence-corrected chi connectivity index (χ2v) is 5.93. The molecule has 23 heavy (non-hydrogen) atoms. The molecule has 2 rings (SSSR count). The van der Waals surface area contributed by atoms with Crippen molar-refractivity contribution in [1.82, 2.24) is 10.3 Å². The summed E-state index contributed by atoms with van der Waals surface area (Å²) in [7, 11) is 0. The van der Waals surface area contributed by atoms with Gasteiger partial charge in [-0.3, -0.25) is 0 Å². The van der Waals surface area contributed by atoms with Gasteiger partial charge in [-0.25, -0.2) is 4.98 Å². The second kappa shape index (κ2) is 8.48. The zero-order valence-electron chi connectivity index (χ0n) is 14.0. The lowest BCUT2D eigenvalue weighted by Gasteiger charge is -2.23. The van der Waals surface area contributed by atoms with E-state index < -0.39 is 0 Å².